The number of thiazole rings is 1. The zero-order valence-electron chi connectivity index (χ0n) is 12.7. The van der Waals surface area contributed by atoms with E-state index in [4.69, 9.17) is 0 Å². The van der Waals surface area contributed by atoms with Gasteiger partial charge in [-0.25, -0.2) is 4.98 Å². The molecule has 2 rings (SSSR count). The zero-order valence-corrected chi connectivity index (χ0v) is 13.5. The Kier molecular flexibility index (Phi) is 5.54. The molecule has 1 amide bonds. The fourth-order valence-corrected chi connectivity index (χ4v) is 3.73. The molecule has 20 heavy (non-hydrogen) atoms. The van der Waals surface area contributed by atoms with Crippen LogP contribution in [0.25, 0.3) is 0 Å². The first-order chi connectivity index (χ1) is 9.61. The standard InChI is InChI=1S/C15H25N3OS/c1-4-18(15-17-12(3)10-20-15)14(19)9-11(2)13-5-7-16-8-6-13/h10-11,13,16H,4-9H2,1-3H3. The van der Waals surface area contributed by atoms with Crippen LogP contribution in [0.3, 0.4) is 0 Å². The highest BCUT2D eigenvalue weighted by Crippen LogP contribution is 2.27. The van der Waals surface area contributed by atoms with Crippen LogP contribution in [0.15, 0.2) is 5.38 Å². The van der Waals surface area contributed by atoms with Gasteiger partial charge in [0, 0.05) is 18.3 Å². The molecule has 1 aliphatic heterocycles. The monoisotopic (exact) mass is 295 g/mol. The van der Waals surface area contributed by atoms with Crippen LogP contribution < -0.4 is 10.2 Å². The summed E-state index contributed by atoms with van der Waals surface area (Å²) in [6.45, 7) is 9.08. The number of rotatable bonds is 5. The molecule has 1 unspecified atom stereocenters. The van der Waals surface area contributed by atoms with Crippen LogP contribution in [0.2, 0.25) is 0 Å². The molecule has 1 saturated heterocycles. The van der Waals surface area contributed by atoms with Crippen LogP contribution in [-0.2, 0) is 4.79 Å². The maximum absolute atomic E-state index is 12.5. The Balaban J connectivity index is 1.94. The number of anilines is 1. The van der Waals surface area contributed by atoms with Gasteiger partial charge in [0.25, 0.3) is 0 Å². The molecule has 112 valence electrons. The van der Waals surface area contributed by atoms with Crippen molar-refractivity contribution < 1.29 is 4.79 Å². The van der Waals surface area contributed by atoms with E-state index in [0.29, 0.717) is 24.8 Å². The fourth-order valence-electron chi connectivity index (χ4n) is 2.85. The van der Waals surface area contributed by atoms with Crippen LogP contribution in [0.5, 0.6) is 0 Å². The lowest BCUT2D eigenvalue weighted by atomic mass is 9.84. The fraction of sp³-hybridized carbons (Fsp3) is 0.733. The van der Waals surface area contributed by atoms with E-state index in [1.165, 1.54) is 12.8 Å². The molecule has 0 bridgehead atoms. The smallest absolute Gasteiger partial charge is 0.229 e. The second-order valence-electron chi connectivity index (χ2n) is 5.68. The Bertz CT molecular complexity index is 440. The SMILES string of the molecule is CCN(C(=O)CC(C)C1CCNCC1)c1nc(C)cs1. The van der Waals surface area contributed by atoms with Gasteiger partial charge in [0.15, 0.2) is 5.13 Å². The summed E-state index contributed by atoms with van der Waals surface area (Å²) in [5, 5.41) is 6.22. The first-order valence-corrected chi connectivity index (χ1v) is 8.43. The second kappa shape index (κ2) is 7.18. The van der Waals surface area contributed by atoms with Gasteiger partial charge in [0.05, 0.1) is 5.69 Å². The molecule has 1 atom stereocenters. The van der Waals surface area contributed by atoms with Gasteiger partial charge in [-0.1, -0.05) is 6.92 Å². The molecule has 0 radical (unpaired) electrons. The lowest BCUT2D eigenvalue weighted by molar-refractivity contribution is -0.119. The van der Waals surface area contributed by atoms with Crippen LogP contribution in [0.1, 0.15) is 38.8 Å². The second-order valence-corrected chi connectivity index (χ2v) is 6.51. The number of hydrogen-bond donors (Lipinski definition) is 1. The molecule has 4 nitrogen and oxygen atoms in total. The highest BCUT2D eigenvalue weighted by molar-refractivity contribution is 7.14. The number of aromatic nitrogens is 1. The highest BCUT2D eigenvalue weighted by Gasteiger charge is 2.25. The van der Waals surface area contributed by atoms with E-state index in [1.54, 1.807) is 11.3 Å². The van der Waals surface area contributed by atoms with Crippen molar-refractivity contribution in [2.75, 3.05) is 24.5 Å². The molecule has 1 fully saturated rings. The quantitative estimate of drug-likeness (QED) is 0.908. The summed E-state index contributed by atoms with van der Waals surface area (Å²) in [6.07, 6.45) is 3.02. The number of hydrogen-bond acceptors (Lipinski definition) is 4. The topological polar surface area (TPSA) is 45.2 Å². The lowest BCUT2D eigenvalue weighted by Gasteiger charge is -2.29. The summed E-state index contributed by atoms with van der Waals surface area (Å²) in [6, 6.07) is 0. The van der Waals surface area contributed by atoms with Crippen LogP contribution in [0.4, 0.5) is 5.13 Å². The van der Waals surface area contributed by atoms with E-state index in [2.05, 4.69) is 17.2 Å². The van der Waals surface area contributed by atoms with Gasteiger partial charge >= 0.3 is 0 Å². The molecule has 2 heterocycles. The average molecular weight is 295 g/mol. The van der Waals surface area contributed by atoms with E-state index in [1.807, 2.05) is 24.1 Å². The van der Waals surface area contributed by atoms with Crippen molar-refractivity contribution in [3.05, 3.63) is 11.1 Å². The van der Waals surface area contributed by atoms with Gasteiger partial charge in [-0.3, -0.25) is 9.69 Å². The molecular weight excluding hydrogens is 270 g/mol. The molecule has 0 spiro atoms. The molecule has 5 heteroatoms. The number of nitrogens with one attached hydrogen (secondary N) is 1. The van der Waals surface area contributed by atoms with Crippen molar-refractivity contribution in [3.63, 3.8) is 0 Å². The molecule has 1 aliphatic rings. The van der Waals surface area contributed by atoms with Crippen molar-refractivity contribution in [1.82, 2.24) is 10.3 Å². The van der Waals surface area contributed by atoms with Crippen LogP contribution >= 0.6 is 11.3 Å². The third kappa shape index (κ3) is 3.79. The minimum atomic E-state index is 0.216. The number of aryl methyl sites for hydroxylation is 1. The van der Waals surface area contributed by atoms with Gasteiger partial charge in [0.2, 0.25) is 5.91 Å². The third-order valence-corrected chi connectivity index (χ3v) is 5.12. The number of amides is 1. The Morgan fingerprint density at radius 2 is 2.25 bits per heavy atom. The molecule has 1 N–H and O–H groups in total. The minimum absolute atomic E-state index is 0.216. The van der Waals surface area contributed by atoms with Crippen molar-refractivity contribution in [2.45, 2.75) is 40.0 Å². The van der Waals surface area contributed by atoms with Crippen molar-refractivity contribution in [3.8, 4) is 0 Å². The molecule has 0 aliphatic carbocycles. The summed E-state index contributed by atoms with van der Waals surface area (Å²) >= 11 is 1.56. The van der Waals surface area contributed by atoms with Crippen molar-refractivity contribution in [1.29, 1.82) is 0 Å². The van der Waals surface area contributed by atoms with E-state index in [0.717, 1.165) is 23.9 Å². The predicted molar refractivity (Wildman–Crippen MR) is 84.3 cm³/mol. The summed E-state index contributed by atoms with van der Waals surface area (Å²) in [7, 11) is 0. The van der Waals surface area contributed by atoms with Crippen molar-refractivity contribution >= 4 is 22.4 Å². The first kappa shape index (κ1) is 15.4. The van der Waals surface area contributed by atoms with Crippen LogP contribution in [-0.4, -0.2) is 30.5 Å². The van der Waals surface area contributed by atoms with Gasteiger partial charge in [-0.2, -0.15) is 0 Å². The molecule has 1 aromatic heterocycles. The van der Waals surface area contributed by atoms with Gasteiger partial charge in [-0.15, -0.1) is 11.3 Å². The van der Waals surface area contributed by atoms with E-state index >= 15 is 0 Å². The lowest BCUT2D eigenvalue weighted by Crippen LogP contribution is -2.35. The molecule has 0 saturated carbocycles. The van der Waals surface area contributed by atoms with Gasteiger partial charge in [-0.05, 0) is 51.6 Å². The Hall–Kier alpha value is -0.940. The number of piperidine rings is 1. The molecular formula is C15H25N3OS. The number of carbonyl (C=O) groups excluding carboxylic acids is 1. The zero-order chi connectivity index (χ0) is 14.5. The largest absolute Gasteiger partial charge is 0.317 e. The van der Waals surface area contributed by atoms with Gasteiger partial charge < -0.3 is 5.32 Å². The summed E-state index contributed by atoms with van der Waals surface area (Å²) in [4.78, 5) is 18.8. The maximum atomic E-state index is 12.5. The highest BCUT2D eigenvalue weighted by atomic mass is 32.1. The third-order valence-electron chi connectivity index (χ3n) is 4.14. The van der Waals surface area contributed by atoms with E-state index in [9.17, 15) is 4.79 Å². The van der Waals surface area contributed by atoms with Gasteiger partial charge in [0.1, 0.15) is 0 Å². The molecule has 1 aromatic rings. The van der Waals surface area contributed by atoms with Crippen LogP contribution in [0, 0.1) is 18.8 Å². The van der Waals surface area contributed by atoms with E-state index in [-0.39, 0.29) is 5.91 Å². The summed E-state index contributed by atoms with van der Waals surface area (Å²) in [5.74, 6) is 1.35. The average Bonchev–Trinajstić information content (AvgIpc) is 2.87. The minimum Gasteiger partial charge on any atom is -0.317 e. The maximum Gasteiger partial charge on any atom is 0.229 e. The normalized spacial score (nSPS) is 17.9. The Morgan fingerprint density at radius 3 is 2.80 bits per heavy atom. The first-order valence-electron chi connectivity index (χ1n) is 7.55. The molecule has 0 aromatic carbocycles. The Labute approximate surface area is 125 Å². The number of carbonyl (C=O) groups is 1. The Morgan fingerprint density at radius 1 is 1.55 bits per heavy atom. The van der Waals surface area contributed by atoms with Crippen molar-refractivity contribution in [2.24, 2.45) is 11.8 Å². The summed E-state index contributed by atoms with van der Waals surface area (Å²) in [5.41, 5.74) is 0.989. The van der Waals surface area contributed by atoms with E-state index < -0.39 is 0 Å². The number of nitrogens with zero attached hydrogens (tertiary/aromatic N) is 2. The predicted octanol–water partition coefficient (Wildman–Crippen LogP) is 2.83. The summed E-state index contributed by atoms with van der Waals surface area (Å²) < 4.78 is 0.